The van der Waals surface area contributed by atoms with Crippen LogP contribution >= 0.6 is 11.6 Å². The predicted octanol–water partition coefficient (Wildman–Crippen LogP) is 3.66. The zero-order chi connectivity index (χ0) is 17.9. The van der Waals surface area contributed by atoms with Crippen molar-refractivity contribution in [2.24, 2.45) is 0 Å². The van der Waals surface area contributed by atoms with E-state index in [4.69, 9.17) is 11.6 Å². The summed E-state index contributed by atoms with van der Waals surface area (Å²) in [4.78, 5) is 5.82. The average molecular weight is 377 g/mol. The van der Waals surface area contributed by atoms with E-state index in [1.165, 1.54) is 16.9 Å². The van der Waals surface area contributed by atoms with E-state index in [2.05, 4.69) is 15.5 Å². The number of benzene rings is 1. The first-order valence-electron chi connectivity index (χ1n) is 7.76. The second-order valence-corrected chi connectivity index (χ2v) is 7.93. The van der Waals surface area contributed by atoms with Crippen molar-refractivity contribution in [3.8, 4) is 11.3 Å². The van der Waals surface area contributed by atoms with Crippen LogP contribution < -0.4 is 5.43 Å². The molecule has 6 nitrogen and oxygen atoms in total. The van der Waals surface area contributed by atoms with Gasteiger partial charge in [-0.15, -0.1) is 0 Å². The fourth-order valence-electron chi connectivity index (χ4n) is 2.43. The van der Waals surface area contributed by atoms with Crippen molar-refractivity contribution in [3.05, 3.63) is 59.9 Å². The maximum atomic E-state index is 12.3. The summed E-state index contributed by atoms with van der Waals surface area (Å²) in [7, 11) is -3.39. The van der Waals surface area contributed by atoms with Crippen molar-refractivity contribution in [2.45, 2.75) is 18.2 Å². The average Bonchev–Trinajstić information content (AvgIpc) is 3.03. The molecule has 3 rings (SSSR count). The van der Waals surface area contributed by atoms with Gasteiger partial charge >= 0.3 is 0 Å². The van der Waals surface area contributed by atoms with Crippen molar-refractivity contribution in [3.63, 3.8) is 0 Å². The van der Waals surface area contributed by atoms with Crippen molar-refractivity contribution >= 4 is 27.3 Å². The molecule has 1 N–H and O–H groups in total. The number of hydrogen-bond acceptors (Lipinski definition) is 5. The van der Waals surface area contributed by atoms with E-state index >= 15 is 0 Å². The lowest BCUT2D eigenvalue weighted by Crippen LogP contribution is -2.14. The highest BCUT2D eigenvalue weighted by Gasteiger charge is 2.16. The molecule has 2 heterocycles. The summed E-state index contributed by atoms with van der Waals surface area (Å²) in [5.74, 6) is 0.368. The molecule has 0 unspecified atom stereocenters. The second-order valence-electron chi connectivity index (χ2n) is 5.44. The summed E-state index contributed by atoms with van der Waals surface area (Å²) in [6.07, 6.45) is 2.18. The summed E-state index contributed by atoms with van der Waals surface area (Å²) < 4.78 is 24.6. The highest BCUT2D eigenvalue weighted by Crippen LogP contribution is 2.22. The van der Waals surface area contributed by atoms with Gasteiger partial charge in [0.05, 0.1) is 22.5 Å². The molecule has 130 valence electrons. The van der Waals surface area contributed by atoms with Crippen LogP contribution in [0.1, 0.15) is 13.3 Å². The molecular formula is C17H17ClN4O2S. The Kier molecular flexibility index (Phi) is 5.06. The summed E-state index contributed by atoms with van der Waals surface area (Å²) in [6, 6.07) is 14.4. The molecule has 0 aliphatic heterocycles. The monoisotopic (exact) mass is 376 g/mol. The number of rotatable bonds is 6. The molecule has 8 heteroatoms. The van der Waals surface area contributed by atoms with Crippen molar-refractivity contribution < 1.29 is 8.42 Å². The number of pyridine rings is 1. The van der Waals surface area contributed by atoms with Gasteiger partial charge in [0.1, 0.15) is 11.0 Å². The van der Waals surface area contributed by atoms with Gasteiger partial charge in [-0.25, -0.2) is 13.4 Å². The normalized spacial score (nSPS) is 11.4. The van der Waals surface area contributed by atoms with Gasteiger partial charge in [0.25, 0.3) is 0 Å². The van der Waals surface area contributed by atoms with E-state index in [0.717, 1.165) is 11.3 Å². The zero-order valence-corrected chi connectivity index (χ0v) is 15.1. The smallest absolute Gasteiger partial charge is 0.178 e. The summed E-state index contributed by atoms with van der Waals surface area (Å²) in [6.45, 7) is 1.81. The number of anilines is 1. The fourth-order valence-corrected chi connectivity index (χ4v) is 4.05. The van der Waals surface area contributed by atoms with Gasteiger partial charge in [-0.3, -0.25) is 5.43 Å². The van der Waals surface area contributed by atoms with Crippen LogP contribution in [0, 0.1) is 0 Å². The van der Waals surface area contributed by atoms with E-state index in [-0.39, 0.29) is 15.8 Å². The van der Waals surface area contributed by atoms with E-state index in [1.54, 1.807) is 6.20 Å². The van der Waals surface area contributed by atoms with Crippen LogP contribution in [0.25, 0.3) is 11.3 Å². The number of aromatic nitrogens is 3. The van der Waals surface area contributed by atoms with Crippen LogP contribution in [0.4, 0.5) is 5.82 Å². The van der Waals surface area contributed by atoms with Gasteiger partial charge in [0.2, 0.25) is 0 Å². The van der Waals surface area contributed by atoms with Crippen LogP contribution in [0.5, 0.6) is 0 Å². The third-order valence-electron chi connectivity index (χ3n) is 3.53. The maximum absolute atomic E-state index is 12.3. The van der Waals surface area contributed by atoms with Crippen LogP contribution in [0.3, 0.4) is 0 Å². The zero-order valence-electron chi connectivity index (χ0n) is 13.6. The van der Waals surface area contributed by atoms with Crippen molar-refractivity contribution in [2.75, 3.05) is 11.2 Å². The molecule has 25 heavy (non-hydrogen) atoms. The lowest BCUT2D eigenvalue weighted by atomic mass is 10.2. The molecule has 0 atom stereocenters. The molecule has 2 aromatic heterocycles. The van der Waals surface area contributed by atoms with Crippen molar-refractivity contribution in [1.29, 1.82) is 0 Å². The lowest BCUT2D eigenvalue weighted by Gasteiger charge is -2.11. The summed E-state index contributed by atoms with van der Waals surface area (Å²) >= 11 is 6.01. The first-order valence-corrected chi connectivity index (χ1v) is 9.79. The molecule has 0 saturated carbocycles. The van der Waals surface area contributed by atoms with Crippen LogP contribution in [-0.2, 0) is 9.84 Å². The molecular weight excluding hydrogens is 360 g/mol. The van der Waals surface area contributed by atoms with Crippen LogP contribution in [-0.4, -0.2) is 29.0 Å². The quantitative estimate of drug-likeness (QED) is 0.664. The summed E-state index contributed by atoms with van der Waals surface area (Å²) in [5.41, 5.74) is 4.78. The Morgan fingerprint density at radius 2 is 1.92 bits per heavy atom. The minimum absolute atomic E-state index is 0.0593. The molecule has 0 aliphatic rings. The largest absolute Gasteiger partial charge is 0.261 e. The van der Waals surface area contributed by atoms with E-state index < -0.39 is 9.84 Å². The highest BCUT2D eigenvalue weighted by atomic mass is 35.5. The minimum atomic E-state index is -3.39. The number of nitrogens with one attached hydrogen (secondary N) is 1. The number of nitrogens with zero attached hydrogens (tertiary/aromatic N) is 3. The highest BCUT2D eigenvalue weighted by molar-refractivity contribution is 7.91. The van der Waals surface area contributed by atoms with Gasteiger partial charge in [0, 0.05) is 11.6 Å². The third-order valence-corrected chi connectivity index (χ3v) is 5.63. The molecule has 0 amide bonds. The third kappa shape index (κ3) is 4.00. The molecule has 0 radical (unpaired) electrons. The Hall–Kier alpha value is -2.38. The van der Waals surface area contributed by atoms with Gasteiger partial charge in [0.15, 0.2) is 9.84 Å². The van der Waals surface area contributed by atoms with Gasteiger partial charge < -0.3 is 0 Å². The van der Waals surface area contributed by atoms with Gasteiger partial charge in [-0.2, -0.15) is 9.89 Å². The topological polar surface area (TPSA) is 76.9 Å². The molecule has 0 bridgehead atoms. The SMILES string of the molecule is CCCS(=O)(=O)c1cc(Cl)nc(Nn2nccc2-c2ccccc2)c1. The van der Waals surface area contributed by atoms with Gasteiger partial charge in [-0.05, 0) is 18.6 Å². The Balaban J connectivity index is 1.95. The number of sulfone groups is 1. The first kappa shape index (κ1) is 17.4. The molecule has 0 saturated heterocycles. The fraction of sp³-hybridized carbons (Fsp3) is 0.176. The Bertz CT molecular complexity index is 971. The molecule has 0 spiro atoms. The van der Waals surface area contributed by atoms with Crippen molar-refractivity contribution in [1.82, 2.24) is 14.9 Å². The molecule has 0 aliphatic carbocycles. The predicted molar refractivity (Wildman–Crippen MR) is 98.3 cm³/mol. The number of halogens is 1. The number of hydrogen-bond donors (Lipinski definition) is 1. The molecule has 1 aromatic carbocycles. The second kappa shape index (κ2) is 7.25. The van der Waals surface area contributed by atoms with Gasteiger partial charge in [-0.1, -0.05) is 48.9 Å². The van der Waals surface area contributed by atoms with Crippen LogP contribution in [0.2, 0.25) is 5.15 Å². The van der Waals surface area contributed by atoms with E-state index in [1.807, 2.05) is 43.3 Å². The van der Waals surface area contributed by atoms with E-state index in [0.29, 0.717) is 12.2 Å². The lowest BCUT2D eigenvalue weighted by molar-refractivity contribution is 0.594. The van der Waals surface area contributed by atoms with E-state index in [9.17, 15) is 8.42 Å². The minimum Gasteiger partial charge on any atom is -0.261 e. The Labute approximate surface area is 151 Å². The Morgan fingerprint density at radius 3 is 2.64 bits per heavy atom. The summed E-state index contributed by atoms with van der Waals surface area (Å²) in [5, 5.41) is 4.32. The maximum Gasteiger partial charge on any atom is 0.178 e. The first-order chi connectivity index (χ1) is 12.0. The van der Waals surface area contributed by atoms with Crippen LogP contribution in [0.15, 0.2) is 59.6 Å². The molecule has 0 fully saturated rings. The Morgan fingerprint density at radius 1 is 1.16 bits per heavy atom. The molecule has 3 aromatic rings. The standard InChI is InChI=1S/C17H17ClN4O2S/c1-2-10-25(23,24)14-11-16(18)20-17(12-14)21-22-15(8-9-19-22)13-6-4-3-5-7-13/h3-9,11-12H,2,10H2,1H3,(H,20,21).